The predicted molar refractivity (Wildman–Crippen MR) is 98.7 cm³/mol. The monoisotopic (exact) mass is 390 g/mol. The summed E-state index contributed by atoms with van der Waals surface area (Å²) in [6, 6.07) is 7.15. The van der Waals surface area contributed by atoms with Gasteiger partial charge in [-0.25, -0.2) is 9.59 Å². The van der Waals surface area contributed by atoms with Crippen LogP contribution in [0.5, 0.6) is 0 Å². The molecule has 0 fully saturated rings. The maximum absolute atomic E-state index is 12.3. The van der Waals surface area contributed by atoms with Crippen LogP contribution in [0, 0.1) is 6.92 Å². The van der Waals surface area contributed by atoms with Crippen LogP contribution in [-0.2, 0) is 19.1 Å². The summed E-state index contributed by atoms with van der Waals surface area (Å²) in [5.41, 5.74) is 1.17. The summed E-state index contributed by atoms with van der Waals surface area (Å²) < 4.78 is 15.1. The number of rotatable bonds is 7. The number of carbonyl (C=O) groups excluding carboxylic acids is 4. The van der Waals surface area contributed by atoms with E-state index in [0.29, 0.717) is 11.1 Å². The highest BCUT2D eigenvalue weighted by Crippen LogP contribution is 2.25. The molecule has 1 heterocycles. The Kier molecular flexibility index (Phi) is 7.14. The number of likely N-dealkylation sites (N-methyl/N-ethyl adjacent to an activating group) is 1. The van der Waals surface area contributed by atoms with Gasteiger partial charge in [-0.15, -0.1) is 0 Å². The van der Waals surface area contributed by atoms with Gasteiger partial charge in [-0.3, -0.25) is 14.9 Å². The van der Waals surface area contributed by atoms with Crippen LogP contribution in [0.15, 0.2) is 28.7 Å². The summed E-state index contributed by atoms with van der Waals surface area (Å²) in [6.07, 6.45) is -0.886. The highest BCUT2D eigenvalue weighted by atomic mass is 16.6. The molecule has 9 heteroatoms. The minimum atomic E-state index is -0.886. The zero-order chi connectivity index (χ0) is 20.7. The number of hydrogen-bond acceptors (Lipinski definition) is 7. The number of alkyl carbamates (subject to hydrolysis) is 1. The first-order chi connectivity index (χ1) is 13.4. The molecule has 1 aromatic carbocycles. The van der Waals surface area contributed by atoms with Crippen LogP contribution in [0.3, 0.4) is 0 Å². The minimum absolute atomic E-state index is 0.0251. The molecule has 0 radical (unpaired) electrons. The maximum Gasteiger partial charge on any atom is 0.413 e. The lowest BCUT2D eigenvalue weighted by Gasteiger charge is -2.19. The fourth-order valence-electron chi connectivity index (χ4n) is 2.52. The van der Waals surface area contributed by atoms with E-state index in [1.54, 1.807) is 32.9 Å². The number of nitrogens with zero attached hydrogens (tertiary/aromatic N) is 1. The van der Waals surface area contributed by atoms with Gasteiger partial charge in [0.25, 0.3) is 5.91 Å². The summed E-state index contributed by atoms with van der Waals surface area (Å²) in [5, 5.41) is 2.78. The molecule has 0 atom stereocenters. The third kappa shape index (κ3) is 5.09. The van der Waals surface area contributed by atoms with Gasteiger partial charge in [0.2, 0.25) is 11.7 Å². The van der Waals surface area contributed by atoms with Crippen molar-refractivity contribution in [2.45, 2.75) is 20.8 Å². The lowest BCUT2D eigenvalue weighted by Crippen LogP contribution is -2.44. The third-order valence-corrected chi connectivity index (χ3v) is 3.94. The highest BCUT2D eigenvalue weighted by Gasteiger charge is 2.22. The second kappa shape index (κ2) is 9.54. The number of carbonyl (C=O) groups is 4. The molecule has 150 valence electrons. The van der Waals surface area contributed by atoms with Crippen LogP contribution < -0.4 is 5.32 Å². The van der Waals surface area contributed by atoms with E-state index in [4.69, 9.17) is 9.15 Å². The zero-order valence-corrected chi connectivity index (χ0v) is 15.9. The molecule has 0 bridgehead atoms. The Labute approximate surface area is 161 Å². The summed E-state index contributed by atoms with van der Waals surface area (Å²) >= 11 is 0. The number of aryl methyl sites for hydroxylation is 1. The van der Waals surface area contributed by atoms with E-state index in [9.17, 15) is 19.2 Å². The summed E-state index contributed by atoms with van der Waals surface area (Å²) in [6.45, 7) is 4.36. The Bertz CT molecular complexity index is 888. The molecule has 0 aliphatic rings. The number of benzene rings is 1. The van der Waals surface area contributed by atoms with Crippen LogP contribution in [0.25, 0.3) is 11.0 Å². The Morgan fingerprint density at radius 1 is 1.11 bits per heavy atom. The van der Waals surface area contributed by atoms with Crippen molar-refractivity contribution in [3.8, 4) is 0 Å². The standard InChI is InChI=1S/C19H22N2O7/c1-4-21(10-15(22)20-19(25)26-5-2)16(23)11-27-18(24)17-12(3)13-8-6-7-9-14(13)28-17/h6-9H,4-5,10-11H2,1-3H3,(H,20,22,25). The van der Waals surface area contributed by atoms with Crippen LogP contribution in [0.4, 0.5) is 4.79 Å². The van der Waals surface area contributed by atoms with Gasteiger partial charge in [-0.2, -0.15) is 0 Å². The molecular weight excluding hydrogens is 368 g/mol. The number of nitrogens with one attached hydrogen (secondary N) is 1. The van der Waals surface area contributed by atoms with Crippen molar-refractivity contribution >= 4 is 34.8 Å². The first-order valence-corrected chi connectivity index (χ1v) is 8.77. The molecule has 0 aliphatic heterocycles. The van der Waals surface area contributed by atoms with Gasteiger partial charge in [-0.1, -0.05) is 18.2 Å². The van der Waals surface area contributed by atoms with Gasteiger partial charge in [-0.05, 0) is 26.8 Å². The van der Waals surface area contributed by atoms with E-state index in [-0.39, 0.29) is 25.5 Å². The third-order valence-electron chi connectivity index (χ3n) is 3.94. The van der Waals surface area contributed by atoms with Crippen molar-refractivity contribution in [2.75, 3.05) is 26.3 Å². The van der Waals surface area contributed by atoms with E-state index in [2.05, 4.69) is 4.74 Å². The molecule has 2 aromatic rings. The number of amides is 3. The number of furan rings is 1. The lowest BCUT2D eigenvalue weighted by atomic mass is 10.1. The van der Waals surface area contributed by atoms with E-state index >= 15 is 0 Å². The molecular formula is C19H22N2O7. The van der Waals surface area contributed by atoms with E-state index in [0.717, 1.165) is 10.3 Å². The lowest BCUT2D eigenvalue weighted by molar-refractivity contribution is -0.138. The Morgan fingerprint density at radius 2 is 1.82 bits per heavy atom. The summed E-state index contributed by atoms with van der Waals surface area (Å²) in [7, 11) is 0. The van der Waals surface area contributed by atoms with Gasteiger partial charge in [0.15, 0.2) is 6.61 Å². The molecule has 0 saturated heterocycles. The fraction of sp³-hybridized carbons (Fsp3) is 0.368. The molecule has 0 unspecified atom stereocenters. The SMILES string of the molecule is CCOC(=O)NC(=O)CN(CC)C(=O)COC(=O)c1oc2ccccc2c1C. The van der Waals surface area contributed by atoms with Crippen molar-refractivity contribution in [3.63, 3.8) is 0 Å². The van der Waals surface area contributed by atoms with Crippen LogP contribution >= 0.6 is 0 Å². The number of hydrogen-bond donors (Lipinski definition) is 1. The molecule has 2 rings (SSSR count). The normalized spacial score (nSPS) is 10.4. The van der Waals surface area contributed by atoms with Crippen LogP contribution in [-0.4, -0.2) is 55.1 Å². The zero-order valence-electron chi connectivity index (χ0n) is 15.9. The number of esters is 1. The van der Waals surface area contributed by atoms with Gasteiger partial charge in [0.1, 0.15) is 12.1 Å². The van der Waals surface area contributed by atoms with E-state index in [1.807, 2.05) is 17.4 Å². The minimum Gasteiger partial charge on any atom is -0.450 e. The van der Waals surface area contributed by atoms with E-state index in [1.165, 1.54) is 0 Å². The number of fused-ring (bicyclic) bond motifs is 1. The second-order valence-corrected chi connectivity index (χ2v) is 5.81. The van der Waals surface area contributed by atoms with Crippen molar-refractivity contribution in [1.82, 2.24) is 10.2 Å². The quantitative estimate of drug-likeness (QED) is 0.719. The second-order valence-electron chi connectivity index (χ2n) is 5.81. The molecule has 28 heavy (non-hydrogen) atoms. The largest absolute Gasteiger partial charge is 0.450 e. The first-order valence-electron chi connectivity index (χ1n) is 8.77. The predicted octanol–water partition coefficient (Wildman–Crippen LogP) is 2.02. The molecule has 0 saturated carbocycles. The van der Waals surface area contributed by atoms with E-state index < -0.39 is 30.5 Å². The highest BCUT2D eigenvalue weighted by molar-refractivity contribution is 5.97. The Morgan fingerprint density at radius 3 is 2.46 bits per heavy atom. The van der Waals surface area contributed by atoms with Crippen molar-refractivity contribution in [2.24, 2.45) is 0 Å². The van der Waals surface area contributed by atoms with Gasteiger partial charge < -0.3 is 18.8 Å². The fourth-order valence-corrected chi connectivity index (χ4v) is 2.52. The molecule has 0 spiro atoms. The Hall–Kier alpha value is -3.36. The number of para-hydroxylation sites is 1. The van der Waals surface area contributed by atoms with Gasteiger partial charge in [0.05, 0.1) is 6.61 Å². The number of ether oxygens (including phenoxy) is 2. The maximum atomic E-state index is 12.3. The molecule has 9 nitrogen and oxygen atoms in total. The summed E-state index contributed by atoms with van der Waals surface area (Å²) in [4.78, 5) is 48.7. The molecule has 1 N–H and O–H groups in total. The topological polar surface area (TPSA) is 115 Å². The smallest absolute Gasteiger partial charge is 0.413 e. The van der Waals surface area contributed by atoms with Crippen LogP contribution in [0.2, 0.25) is 0 Å². The van der Waals surface area contributed by atoms with Crippen LogP contribution in [0.1, 0.15) is 30.0 Å². The Balaban J connectivity index is 1.93. The molecule has 1 aromatic heterocycles. The van der Waals surface area contributed by atoms with Gasteiger partial charge >= 0.3 is 12.1 Å². The van der Waals surface area contributed by atoms with Crippen molar-refractivity contribution < 1.29 is 33.1 Å². The van der Waals surface area contributed by atoms with Gasteiger partial charge in [0, 0.05) is 17.5 Å². The summed E-state index contributed by atoms with van der Waals surface area (Å²) in [5.74, 6) is -2.03. The average molecular weight is 390 g/mol. The van der Waals surface area contributed by atoms with Crippen molar-refractivity contribution in [3.05, 3.63) is 35.6 Å². The average Bonchev–Trinajstić information content (AvgIpc) is 3.01. The number of imide groups is 1. The van der Waals surface area contributed by atoms with Crippen molar-refractivity contribution in [1.29, 1.82) is 0 Å². The molecule has 3 amide bonds. The molecule has 0 aliphatic carbocycles. The first kappa shape index (κ1) is 20.9.